The molecular formula is C17H25N3O3. The topological polar surface area (TPSA) is 70.7 Å². The van der Waals surface area contributed by atoms with Crippen LogP contribution in [0, 0.1) is 0 Å². The van der Waals surface area contributed by atoms with E-state index in [9.17, 15) is 9.59 Å². The number of rotatable bonds is 5. The van der Waals surface area contributed by atoms with Gasteiger partial charge in [0.15, 0.2) is 0 Å². The quantitative estimate of drug-likeness (QED) is 0.871. The third kappa shape index (κ3) is 5.47. The summed E-state index contributed by atoms with van der Waals surface area (Å²) in [6, 6.07) is 7.49. The molecule has 1 aromatic rings. The van der Waals surface area contributed by atoms with Gasteiger partial charge in [0.05, 0.1) is 6.10 Å². The van der Waals surface area contributed by atoms with Crippen molar-refractivity contribution >= 4 is 11.9 Å². The van der Waals surface area contributed by atoms with E-state index in [0.717, 1.165) is 24.2 Å². The lowest BCUT2D eigenvalue weighted by atomic mass is 10.2. The smallest absolute Gasteiger partial charge is 0.318 e. The average molecular weight is 319 g/mol. The molecule has 1 aliphatic rings. The molecule has 1 atom stereocenters. The van der Waals surface area contributed by atoms with E-state index in [1.165, 1.54) is 0 Å². The molecule has 1 aromatic carbocycles. The van der Waals surface area contributed by atoms with Crippen molar-refractivity contribution in [3.05, 3.63) is 29.8 Å². The number of nitrogens with one attached hydrogen (secondary N) is 2. The summed E-state index contributed by atoms with van der Waals surface area (Å²) in [5.74, 6) is 0.696. The fourth-order valence-electron chi connectivity index (χ4n) is 2.31. The number of carbonyl (C=O) groups is 2. The lowest BCUT2D eigenvalue weighted by Gasteiger charge is -2.20. The summed E-state index contributed by atoms with van der Waals surface area (Å²) in [5.41, 5.74) is 0.971. The molecule has 1 aliphatic heterocycles. The van der Waals surface area contributed by atoms with Crippen LogP contribution in [0.1, 0.15) is 32.3 Å². The summed E-state index contributed by atoms with van der Waals surface area (Å²) in [5, 5.41) is 5.62. The van der Waals surface area contributed by atoms with Gasteiger partial charge in [-0.25, -0.2) is 4.79 Å². The lowest BCUT2D eigenvalue weighted by Crippen LogP contribution is -2.43. The molecule has 0 spiro atoms. The van der Waals surface area contributed by atoms with Gasteiger partial charge in [-0.1, -0.05) is 19.1 Å². The Hall–Kier alpha value is -2.24. The van der Waals surface area contributed by atoms with E-state index in [-0.39, 0.29) is 24.6 Å². The summed E-state index contributed by atoms with van der Waals surface area (Å²) in [7, 11) is 0. The Kier molecular flexibility index (Phi) is 6.26. The summed E-state index contributed by atoms with van der Waals surface area (Å²) in [4.78, 5) is 25.2. The minimum absolute atomic E-state index is 0.110. The minimum atomic E-state index is -0.213. The van der Waals surface area contributed by atoms with Crippen LogP contribution in [-0.4, -0.2) is 42.6 Å². The highest BCUT2D eigenvalue weighted by molar-refractivity contribution is 5.84. The molecule has 0 saturated carbocycles. The SMILES string of the molecule is CC[C@H](C)Oc1cccc(CNC(=O)N2CCCNC(=O)C2)c1. The predicted octanol–water partition coefficient (Wildman–Crippen LogP) is 1.90. The maximum Gasteiger partial charge on any atom is 0.318 e. The Morgan fingerprint density at radius 3 is 3.09 bits per heavy atom. The Bertz CT molecular complexity index is 548. The molecule has 23 heavy (non-hydrogen) atoms. The molecule has 0 radical (unpaired) electrons. The van der Waals surface area contributed by atoms with Gasteiger partial charge in [-0.2, -0.15) is 0 Å². The van der Waals surface area contributed by atoms with Crippen molar-refractivity contribution in [2.45, 2.75) is 39.3 Å². The number of amides is 3. The molecule has 0 bridgehead atoms. The van der Waals surface area contributed by atoms with Gasteiger partial charge in [-0.3, -0.25) is 4.79 Å². The summed E-state index contributed by atoms with van der Waals surface area (Å²) in [6.45, 7) is 5.84. The number of nitrogens with zero attached hydrogens (tertiary/aromatic N) is 1. The first-order chi connectivity index (χ1) is 11.1. The predicted molar refractivity (Wildman–Crippen MR) is 88.3 cm³/mol. The molecule has 2 N–H and O–H groups in total. The van der Waals surface area contributed by atoms with Crippen LogP contribution >= 0.6 is 0 Å². The molecule has 6 nitrogen and oxygen atoms in total. The molecule has 0 aromatic heterocycles. The van der Waals surface area contributed by atoms with Crippen molar-refractivity contribution in [2.24, 2.45) is 0 Å². The molecule has 3 amide bonds. The minimum Gasteiger partial charge on any atom is -0.491 e. The first-order valence-electron chi connectivity index (χ1n) is 8.13. The summed E-state index contributed by atoms with van der Waals surface area (Å²) < 4.78 is 5.78. The molecule has 1 saturated heterocycles. The van der Waals surface area contributed by atoms with E-state index in [4.69, 9.17) is 4.74 Å². The maximum atomic E-state index is 12.2. The van der Waals surface area contributed by atoms with Crippen LogP contribution in [0.25, 0.3) is 0 Å². The van der Waals surface area contributed by atoms with Crippen LogP contribution < -0.4 is 15.4 Å². The van der Waals surface area contributed by atoms with Crippen LogP contribution in [-0.2, 0) is 11.3 Å². The van der Waals surface area contributed by atoms with Crippen molar-refractivity contribution in [3.63, 3.8) is 0 Å². The largest absolute Gasteiger partial charge is 0.491 e. The second kappa shape index (κ2) is 8.41. The first kappa shape index (κ1) is 17.1. The van der Waals surface area contributed by atoms with Crippen LogP contribution in [0.2, 0.25) is 0 Å². The van der Waals surface area contributed by atoms with Crippen LogP contribution in [0.4, 0.5) is 4.79 Å². The zero-order valence-electron chi connectivity index (χ0n) is 13.8. The highest BCUT2D eigenvalue weighted by atomic mass is 16.5. The van der Waals surface area contributed by atoms with Gasteiger partial charge >= 0.3 is 6.03 Å². The van der Waals surface area contributed by atoms with E-state index in [2.05, 4.69) is 17.6 Å². The fraction of sp³-hybridized carbons (Fsp3) is 0.529. The van der Waals surface area contributed by atoms with Gasteiger partial charge < -0.3 is 20.3 Å². The van der Waals surface area contributed by atoms with E-state index >= 15 is 0 Å². The van der Waals surface area contributed by atoms with Crippen molar-refractivity contribution in [1.29, 1.82) is 0 Å². The van der Waals surface area contributed by atoms with E-state index < -0.39 is 0 Å². The molecule has 1 heterocycles. The third-order valence-corrected chi connectivity index (χ3v) is 3.80. The average Bonchev–Trinajstić information content (AvgIpc) is 2.77. The standard InChI is InChI=1S/C17H25N3O3/c1-3-13(2)23-15-7-4-6-14(10-15)11-19-17(22)20-9-5-8-18-16(21)12-20/h4,6-7,10,13H,3,5,8-9,11-12H2,1-2H3,(H,18,21)(H,19,22)/t13-/m0/s1. The van der Waals surface area contributed by atoms with Crippen molar-refractivity contribution in [2.75, 3.05) is 19.6 Å². The Balaban J connectivity index is 1.88. The molecular weight excluding hydrogens is 294 g/mol. The Morgan fingerprint density at radius 2 is 2.30 bits per heavy atom. The number of ether oxygens (including phenoxy) is 1. The highest BCUT2D eigenvalue weighted by Gasteiger charge is 2.19. The maximum absolute atomic E-state index is 12.2. The molecule has 0 aliphatic carbocycles. The third-order valence-electron chi connectivity index (χ3n) is 3.80. The fourth-order valence-corrected chi connectivity index (χ4v) is 2.31. The second-order valence-corrected chi connectivity index (χ2v) is 5.77. The van der Waals surface area contributed by atoms with Gasteiger partial charge in [0.1, 0.15) is 12.3 Å². The molecule has 6 heteroatoms. The van der Waals surface area contributed by atoms with Crippen molar-refractivity contribution in [1.82, 2.24) is 15.5 Å². The number of carbonyl (C=O) groups excluding carboxylic acids is 2. The Labute approximate surface area is 137 Å². The normalized spacial score (nSPS) is 16.3. The van der Waals surface area contributed by atoms with Gasteiger partial charge in [0.2, 0.25) is 5.91 Å². The zero-order chi connectivity index (χ0) is 16.7. The lowest BCUT2D eigenvalue weighted by molar-refractivity contribution is -0.121. The zero-order valence-corrected chi connectivity index (χ0v) is 13.8. The molecule has 126 valence electrons. The van der Waals surface area contributed by atoms with Crippen molar-refractivity contribution in [3.8, 4) is 5.75 Å². The molecule has 0 unspecified atom stereocenters. The summed E-state index contributed by atoms with van der Waals surface area (Å²) in [6.07, 6.45) is 1.88. The van der Waals surface area contributed by atoms with Gasteiger partial charge in [-0.15, -0.1) is 0 Å². The number of benzene rings is 1. The molecule has 2 rings (SSSR count). The van der Waals surface area contributed by atoms with Crippen molar-refractivity contribution < 1.29 is 14.3 Å². The van der Waals surface area contributed by atoms with E-state index in [1.807, 2.05) is 31.2 Å². The van der Waals surface area contributed by atoms with Crippen LogP contribution in [0.3, 0.4) is 0 Å². The van der Waals surface area contributed by atoms with Gasteiger partial charge in [0.25, 0.3) is 0 Å². The van der Waals surface area contributed by atoms with Gasteiger partial charge in [0, 0.05) is 19.6 Å². The highest BCUT2D eigenvalue weighted by Crippen LogP contribution is 2.16. The number of hydrogen-bond donors (Lipinski definition) is 2. The second-order valence-electron chi connectivity index (χ2n) is 5.77. The van der Waals surface area contributed by atoms with Crippen LogP contribution in [0.15, 0.2) is 24.3 Å². The molecule has 1 fully saturated rings. The van der Waals surface area contributed by atoms with Crippen LogP contribution in [0.5, 0.6) is 5.75 Å². The van der Waals surface area contributed by atoms with E-state index in [1.54, 1.807) is 4.90 Å². The first-order valence-corrected chi connectivity index (χ1v) is 8.13. The summed E-state index contributed by atoms with van der Waals surface area (Å²) >= 11 is 0. The Morgan fingerprint density at radius 1 is 1.48 bits per heavy atom. The number of urea groups is 1. The van der Waals surface area contributed by atoms with Gasteiger partial charge in [-0.05, 0) is 37.5 Å². The number of hydrogen-bond acceptors (Lipinski definition) is 3. The van der Waals surface area contributed by atoms with E-state index in [0.29, 0.717) is 19.6 Å². The monoisotopic (exact) mass is 319 g/mol.